The Balaban J connectivity index is 2.45. The van der Waals surface area contributed by atoms with Crippen molar-refractivity contribution in [1.82, 2.24) is 4.98 Å². The van der Waals surface area contributed by atoms with E-state index in [1.807, 2.05) is 18.2 Å². The SMILES string of the molecule is O=c1oc2ccccc2c2c(=O)[nH]c3ccc(I)cc3c12. The van der Waals surface area contributed by atoms with Gasteiger partial charge in [-0.15, -0.1) is 0 Å². The molecule has 0 spiro atoms. The summed E-state index contributed by atoms with van der Waals surface area (Å²) >= 11 is 2.17. The normalized spacial score (nSPS) is 11.5. The predicted molar refractivity (Wildman–Crippen MR) is 90.8 cm³/mol. The minimum Gasteiger partial charge on any atom is -0.422 e. The number of pyridine rings is 1. The summed E-state index contributed by atoms with van der Waals surface area (Å²) in [5.74, 6) is 0. The summed E-state index contributed by atoms with van der Waals surface area (Å²) in [6.07, 6.45) is 0. The van der Waals surface area contributed by atoms with Gasteiger partial charge in [-0.2, -0.15) is 0 Å². The molecule has 0 atom stereocenters. The molecule has 4 nitrogen and oxygen atoms in total. The molecule has 2 heterocycles. The van der Waals surface area contributed by atoms with Crippen LogP contribution >= 0.6 is 22.6 Å². The first-order valence-corrected chi connectivity index (χ1v) is 7.40. The average molecular weight is 389 g/mol. The summed E-state index contributed by atoms with van der Waals surface area (Å²) in [7, 11) is 0. The van der Waals surface area contributed by atoms with Gasteiger partial charge in [0.15, 0.2) is 0 Å². The van der Waals surface area contributed by atoms with Gasteiger partial charge >= 0.3 is 5.63 Å². The van der Waals surface area contributed by atoms with E-state index in [9.17, 15) is 9.59 Å². The molecule has 0 saturated heterocycles. The van der Waals surface area contributed by atoms with E-state index < -0.39 is 5.63 Å². The van der Waals surface area contributed by atoms with Crippen molar-refractivity contribution in [2.75, 3.05) is 0 Å². The molecule has 4 aromatic rings. The number of aromatic nitrogens is 1. The molecule has 0 aliphatic heterocycles. The number of rotatable bonds is 0. The van der Waals surface area contributed by atoms with Crippen LogP contribution in [0.1, 0.15) is 0 Å². The summed E-state index contributed by atoms with van der Waals surface area (Å²) in [6, 6.07) is 12.6. The number of hydrogen-bond donors (Lipinski definition) is 1. The molecule has 2 aromatic carbocycles. The van der Waals surface area contributed by atoms with Crippen molar-refractivity contribution in [3.63, 3.8) is 0 Å². The van der Waals surface area contributed by atoms with Crippen LogP contribution in [0.4, 0.5) is 0 Å². The lowest BCUT2D eigenvalue weighted by Gasteiger charge is -2.05. The average Bonchev–Trinajstić information content (AvgIpc) is 2.47. The van der Waals surface area contributed by atoms with Crippen LogP contribution in [0, 0.1) is 3.57 Å². The first-order chi connectivity index (χ1) is 10.1. The molecular weight excluding hydrogens is 381 g/mol. The molecule has 2 aromatic heterocycles. The number of nitrogens with one attached hydrogen (secondary N) is 1. The molecule has 0 bridgehead atoms. The molecule has 0 saturated carbocycles. The highest BCUT2D eigenvalue weighted by Gasteiger charge is 2.14. The molecule has 21 heavy (non-hydrogen) atoms. The quantitative estimate of drug-likeness (QED) is 0.285. The lowest BCUT2D eigenvalue weighted by molar-refractivity contribution is 0.570. The summed E-state index contributed by atoms with van der Waals surface area (Å²) in [5.41, 5.74) is 0.297. The molecule has 0 unspecified atom stereocenters. The number of H-pyrrole nitrogens is 1. The maximum atomic E-state index is 12.4. The van der Waals surface area contributed by atoms with Gasteiger partial charge < -0.3 is 9.40 Å². The molecule has 1 N–H and O–H groups in total. The van der Waals surface area contributed by atoms with E-state index in [1.165, 1.54) is 0 Å². The molecule has 4 rings (SSSR count). The van der Waals surface area contributed by atoms with Crippen LogP contribution in [0.5, 0.6) is 0 Å². The van der Waals surface area contributed by atoms with Gasteiger partial charge in [0, 0.05) is 19.9 Å². The third-order valence-corrected chi connectivity index (χ3v) is 4.21. The maximum Gasteiger partial charge on any atom is 0.345 e. The minimum atomic E-state index is -0.484. The van der Waals surface area contributed by atoms with Crippen molar-refractivity contribution in [2.24, 2.45) is 0 Å². The van der Waals surface area contributed by atoms with Gasteiger partial charge in [0.25, 0.3) is 5.56 Å². The molecule has 5 heteroatoms. The van der Waals surface area contributed by atoms with Gasteiger partial charge in [-0.05, 0) is 46.9 Å². The second-order valence-corrected chi connectivity index (χ2v) is 6.03. The number of aromatic amines is 1. The molecule has 0 radical (unpaired) electrons. The zero-order valence-corrected chi connectivity index (χ0v) is 12.8. The van der Waals surface area contributed by atoms with Crippen molar-refractivity contribution in [2.45, 2.75) is 0 Å². The molecule has 102 valence electrons. The van der Waals surface area contributed by atoms with Crippen LogP contribution in [0.15, 0.2) is 56.5 Å². The topological polar surface area (TPSA) is 63.1 Å². The van der Waals surface area contributed by atoms with Crippen molar-refractivity contribution in [3.05, 3.63) is 66.8 Å². The van der Waals surface area contributed by atoms with Crippen LogP contribution in [0.25, 0.3) is 32.6 Å². The Kier molecular flexibility index (Phi) is 2.65. The zero-order valence-electron chi connectivity index (χ0n) is 10.6. The van der Waals surface area contributed by atoms with Crippen LogP contribution in [0.2, 0.25) is 0 Å². The predicted octanol–water partition coefficient (Wildman–Crippen LogP) is 3.39. The van der Waals surface area contributed by atoms with Crippen molar-refractivity contribution in [3.8, 4) is 0 Å². The Morgan fingerprint density at radius 3 is 2.62 bits per heavy atom. The molecule has 0 aliphatic carbocycles. The third-order valence-electron chi connectivity index (χ3n) is 3.54. The Labute approximate surface area is 131 Å². The molecular formula is C16H8INO3. The van der Waals surface area contributed by atoms with E-state index in [2.05, 4.69) is 27.6 Å². The van der Waals surface area contributed by atoms with Crippen molar-refractivity contribution < 1.29 is 4.42 Å². The van der Waals surface area contributed by atoms with Gasteiger partial charge in [-0.3, -0.25) is 4.79 Å². The number of para-hydroxylation sites is 1. The van der Waals surface area contributed by atoms with Crippen LogP contribution < -0.4 is 11.2 Å². The van der Waals surface area contributed by atoms with Crippen LogP contribution in [-0.2, 0) is 0 Å². The highest BCUT2D eigenvalue weighted by atomic mass is 127. The second kappa shape index (κ2) is 4.42. The molecule has 0 aliphatic rings. The standard InChI is InChI=1S/C16H8INO3/c17-8-5-6-11-10(7-8)14-13(15(19)18-11)9-3-1-2-4-12(9)21-16(14)20/h1-7H,(H,18,19). The number of fused-ring (bicyclic) bond motifs is 5. The fourth-order valence-corrected chi connectivity index (χ4v) is 3.14. The van der Waals surface area contributed by atoms with E-state index in [0.717, 1.165) is 3.57 Å². The van der Waals surface area contributed by atoms with Crippen LogP contribution in [0.3, 0.4) is 0 Å². The van der Waals surface area contributed by atoms with Crippen LogP contribution in [-0.4, -0.2) is 4.98 Å². The number of hydrogen-bond acceptors (Lipinski definition) is 3. The number of benzene rings is 2. The summed E-state index contributed by atoms with van der Waals surface area (Å²) in [4.78, 5) is 27.6. The van der Waals surface area contributed by atoms with E-state index in [1.54, 1.807) is 24.3 Å². The van der Waals surface area contributed by atoms with E-state index >= 15 is 0 Å². The van der Waals surface area contributed by atoms with E-state index in [-0.39, 0.29) is 5.56 Å². The first-order valence-electron chi connectivity index (χ1n) is 6.32. The zero-order chi connectivity index (χ0) is 14.6. The molecule has 0 amide bonds. The summed E-state index contributed by atoms with van der Waals surface area (Å²) < 4.78 is 6.35. The smallest absolute Gasteiger partial charge is 0.345 e. The first kappa shape index (κ1) is 12.6. The van der Waals surface area contributed by atoms with E-state index in [0.29, 0.717) is 32.6 Å². The Morgan fingerprint density at radius 1 is 0.952 bits per heavy atom. The lowest BCUT2D eigenvalue weighted by atomic mass is 10.1. The third kappa shape index (κ3) is 1.80. The maximum absolute atomic E-state index is 12.4. The lowest BCUT2D eigenvalue weighted by Crippen LogP contribution is -2.12. The van der Waals surface area contributed by atoms with Crippen molar-refractivity contribution >= 4 is 55.2 Å². The summed E-state index contributed by atoms with van der Waals surface area (Å²) in [6.45, 7) is 0. The monoisotopic (exact) mass is 389 g/mol. The fourth-order valence-electron chi connectivity index (χ4n) is 2.65. The Morgan fingerprint density at radius 2 is 1.76 bits per heavy atom. The minimum absolute atomic E-state index is 0.275. The van der Waals surface area contributed by atoms with Gasteiger partial charge in [0.05, 0.1) is 10.8 Å². The highest BCUT2D eigenvalue weighted by Crippen LogP contribution is 2.25. The second-order valence-electron chi connectivity index (χ2n) is 4.78. The van der Waals surface area contributed by atoms with Gasteiger partial charge in [-0.25, -0.2) is 4.79 Å². The number of halogens is 1. The Bertz CT molecular complexity index is 1140. The Hall–Kier alpha value is -2.15. The van der Waals surface area contributed by atoms with Gasteiger partial charge in [-0.1, -0.05) is 18.2 Å². The van der Waals surface area contributed by atoms with Gasteiger partial charge in [0.2, 0.25) is 0 Å². The largest absolute Gasteiger partial charge is 0.422 e. The fraction of sp³-hybridized carbons (Fsp3) is 0. The molecule has 0 fully saturated rings. The van der Waals surface area contributed by atoms with Gasteiger partial charge in [0.1, 0.15) is 5.58 Å². The van der Waals surface area contributed by atoms with E-state index in [4.69, 9.17) is 4.42 Å². The summed E-state index contributed by atoms with van der Waals surface area (Å²) in [5, 5.41) is 2.08. The highest BCUT2D eigenvalue weighted by molar-refractivity contribution is 14.1. The van der Waals surface area contributed by atoms with Crippen molar-refractivity contribution in [1.29, 1.82) is 0 Å².